The standard InChI is InChI=1S/C14H15BrN2O3S/c1-4-17-13(18)10(16-14(17)21)5-8-6-11(19-2)12(20-3)7-9(8)15/h5-7H,4H2,1-3H3,(H,16,21)/b10-5-. The van der Waals surface area contributed by atoms with Gasteiger partial charge in [-0.3, -0.25) is 9.69 Å². The minimum absolute atomic E-state index is 0.135. The van der Waals surface area contributed by atoms with Gasteiger partial charge in [-0.05, 0) is 42.9 Å². The second-order valence-corrected chi connectivity index (χ2v) is 5.51. The molecule has 0 aromatic heterocycles. The topological polar surface area (TPSA) is 50.8 Å². The Balaban J connectivity index is 2.42. The van der Waals surface area contributed by atoms with E-state index in [1.165, 1.54) is 4.90 Å². The van der Waals surface area contributed by atoms with E-state index in [1.807, 2.05) is 6.92 Å². The number of nitrogens with one attached hydrogen (secondary N) is 1. The van der Waals surface area contributed by atoms with E-state index in [-0.39, 0.29) is 5.91 Å². The van der Waals surface area contributed by atoms with Crippen molar-refractivity contribution in [1.82, 2.24) is 10.2 Å². The molecule has 0 unspecified atom stereocenters. The summed E-state index contributed by atoms with van der Waals surface area (Å²) in [4.78, 5) is 13.7. The summed E-state index contributed by atoms with van der Waals surface area (Å²) >= 11 is 8.59. The normalized spacial score (nSPS) is 16.4. The number of methoxy groups -OCH3 is 2. The maximum Gasteiger partial charge on any atom is 0.276 e. The van der Waals surface area contributed by atoms with Crippen molar-refractivity contribution < 1.29 is 14.3 Å². The van der Waals surface area contributed by atoms with Crippen LogP contribution >= 0.6 is 28.1 Å². The molecule has 0 atom stereocenters. The number of hydrogen-bond donors (Lipinski definition) is 1. The average molecular weight is 371 g/mol. The van der Waals surface area contributed by atoms with Crippen molar-refractivity contribution in [3.8, 4) is 11.5 Å². The van der Waals surface area contributed by atoms with Crippen LogP contribution in [-0.2, 0) is 4.79 Å². The van der Waals surface area contributed by atoms with E-state index in [0.717, 1.165) is 10.0 Å². The molecule has 5 nitrogen and oxygen atoms in total. The van der Waals surface area contributed by atoms with Gasteiger partial charge in [-0.15, -0.1) is 0 Å². The Labute approximate surface area is 137 Å². The Kier molecular flexibility index (Phi) is 4.84. The molecule has 0 saturated carbocycles. The number of thiocarbonyl (C=S) groups is 1. The van der Waals surface area contributed by atoms with Gasteiger partial charge < -0.3 is 14.8 Å². The first-order valence-corrected chi connectivity index (χ1v) is 7.48. The number of rotatable bonds is 4. The molecule has 1 aliphatic heterocycles. The molecule has 21 heavy (non-hydrogen) atoms. The molecule has 7 heteroatoms. The Hall–Kier alpha value is -1.60. The molecule has 1 N–H and O–H groups in total. The second-order valence-electron chi connectivity index (χ2n) is 4.27. The molecule has 1 saturated heterocycles. The van der Waals surface area contributed by atoms with Crippen LogP contribution in [0.25, 0.3) is 6.08 Å². The van der Waals surface area contributed by atoms with Gasteiger partial charge in [-0.25, -0.2) is 0 Å². The molecule has 1 aliphatic rings. The van der Waals surface area contributed by atoms with Crippen LogP contribution in [-0.4, -0.2) is 36.7 Å². The summed E-state index contributed by atoms with van der Waals surface area (Å²) < 4.78 is 11.3. The Bertz CT molecular complexity index is 631. The summed E-state index contributed by atoms with van der Waals surface area (Å²) in [6.07, 6.45) is 1.73. The zero-order valence-corrected chi connectivity index (χ0v) is 14.3. The summed E-state index contributed by atoms with van der Waals surface area (Å²) in [5.74, 6) is 1.07. The molecule has 0 bridgehead atoms. The summed E-state index contributed by atoms with van der Waals surface area (Å²) in [5.41, 5.74) is 1.24. The lowest BCUT2D eigenvalue weighted by molar-refractivity contribution is -0.122. The van der Waals surface area contributed by atoms with Crippen LogP contribution in [0.3, 0.4) is 0 Å². The van der Waals surface area contributed by atoms with Crippen molar-refractivity contribution in [2.45, 2.75) is 6.92 Å². The van der Waals surface area contributed by atoms with Crippen LogP contribution in [0.5, 0.6) is 11.5 Å². The third-order valence-corrected chi connectivity index (χ3v) is 4.09. The average Bonchev–Trinajstić information content (AvgIpc) is 2.74. The molecular formula is C14H15BrN2O3S. The first-order valence-electron chi connectivity index (χ1n) is 6.27. The maximum absolute atomic E-state index is 12.2. The molecule has 2 rings (SSSR count). The quantitative estimate of drug-likeness (QED) is 0.651. The number of carbonyl (C=O) groups is 1. The molecule has 0 radical (unpaired) electrons. The number of likely N-dealkylation sites (N-methyl/N-ethyl adjacent to an activating group) is 1. The van der Waals surface area contributed by atoms with E-state index < -0.39 is 0 Å². The number of carbonyl (C=O) groups excluding carboxylic acids is 1. The maximum atomic E-state index is 12.2. The lowest BCUT2D eigenvalue weighted by Crippen LogP contribution is -2.30. The zero-order valence-electron chi connectivity index (χ0n) is 11.9. The van der Waals surface area contributed by atoms with E-state index >= 15 is 0 Å². The van der Waals surface area contributed by atoms with Crippen molar-refractivity contribution in [2.24, 2.45) is 0 Å². The number of benzene rings is 1. The smallest absolute Gasteiger partial charge is 0.276 e. The SMILES string of the molecule is CCN1C(=O)/C(=C/c2cc(OC)c(OC)cc2Br)NC1=S. The zero-order chi connectivity index (χ0) is 15.6. The molecule has 112 valence electrons. The molecule has 1 heterocycles. The van der Waals surface area contributed by atoms with E-state index in [9.17, 15) is 4.79 Å². The highest BCUT2D eigenvalue weighted by molar-refractivity contribution is 9.10. The van der Waals surface area contributed by atoms with Crippen molar-refractivity contribution in [3.05, 3.63) is 27.9 Å². The summed E-state index contributed by atoms with van der Waals surface area (Å²) in [6, 6.07) is 3.59. The van der Waals surface area contributed by atoms with Gasteiger partial charge in [0.15, 0.2) is 16.6 Å². The van der Waals surface area contributed by atoms with Crippen LogP contribution in [0, 0.1) is 0 Å². The summed E-state index contributed by atoms with van der Waals surface area (Å²) in [7, 11) is 3.14. The third kappa shape index (κ3) is 3.03. The van der Waals surface area contributed by atoms with Crippen LogP contribution in [0.4, 0.5) is 0 Å². The number of ether oxygens (including phenoxy) is 2. The molecular weight excluding hydrogens is 356 g/mol. The molecule has 0 aliphatic carbocycles. The molecule has 1 amide bonds. The predicted molar refractivity (Wildman–Crippen MR) is 88.3 cm³/mol. The van der Waals surface area contributed by atoms with Crippen LogP contribution in [0.15, 0.2) is 22.3 Å². The van der Waals surface area contributed by atoms with Crippen molar-refractivity contribution in [2.75, 3.05) is 20.8 Å². The number of hydrogen-bond acceptors (Lipinski definition) is 4. The largest absolute Gasteiger partial charge is 0.493 e. The van der Waals surface area contributed by atoms with E-state index in [0.29, 0.717) is 28.9 Å². The molecule has 1 aromatic carbocycles. The second kappa shape index (κ2) is 6.44. The van der Waals surface area contributed by atoms with Gasteiger partial charge in [-0.1, -0.05) is 15.9 Å². The van der Waals surface area contributed by atoms with Gasteiger partial charge in [0.25, 0.3) is 5.91 Å². The van der Waals surface area contributed by atoms with Gasteiger partial charge >= 0.3 is 0 Å². The van der Waals surface area contributed by atoms with E-state index in [1.54, 1.807) is 32.4 Å². The highest BCUT2D eigenvalue weighted by atomic mass is 79.9. The predicted octanol–water partition coefficient (Wildman–Crippen LogP) is 2.54. The van der Waals surface area contributed by atoms with Crippen molar-refractivity contribution in [1.29, 1.82) is 0 Å². The summed E-state index contributed by atoms with van der Waals surface area (Å²) in [6.45, 7) is 2.41. The number of halogens is 1. The van der Waals surface area contributed by atoms with Gasteiger partial charge in [-0.2, -0.15) is 0 Å². The lowest BCUT2D eigenvalue weighted by atomic mass is 10.1. The van der Waals surface area contributed by atoms with Gasteiger partial charge in [0.1, 0.15) is 5.70 Å². The van der Waals surface area contributed by atoms with Gasteiger partial charge in [0, 0.05) is 11.0 Å². The Morgan fingerprint density at radius 1 is 1.33 bits per heavy atom. The van der Waals surface area contributed by atoms with Gasteiger partial charge in [0.05, 0.1) is 14.2 Å². The summed E-state index contributed by atoms with van der Waals surface area (Å²) in [5, 5.41) is 3.34. The minimum Gasteiger partial charge on any atom is -0.493 e. The van der Waals surface area contributed by atoms with Crippen molar-refractivity contribution >= 4 is 45.2 Å². The molecule has 0 spiro atoms. The lowest BCUT2D eigenvalue weighted by Gasteiger charge is -2.10. The Morgan fingerprint density at radius 3 is 2.48 bits per heavy atom. The van der Waals surface area contributed by atoms with Gasteiger partial charge in [0.2, 0.25) is 0 Å². The first kappa shape index (κ1) is 15.8. The van der Waals surface area contributed by atoms with Crippen LogP contribution in [0.2, 0.25) is 0 Å². The van der Waals surface area contributed by atoms with Crippen LogP contribution in [0.1, 0.15) is 12.5 Å². The Morgan fingerprint density at radius 2 is 1.95 bits per heavy atom. The fourth-order valence-corrected chi connectivity index (χ4v) is 2.75. The van der Waals surface area contributed by atoms with Crippen LogP contribution < -0.4 is 14.8 Å². The minimum atomic E-state index is -0.135. The third-order valence-electron chi connectivity index (χ3n) is 3.08. The fraction of sp³-hybridized carbons (Fsp3) is 0.286. The first-order chi connectivity index (χ1) is 10.0. The highest BCUT2D eigenvalue weighted by Gasteiger charge is 2.29. The van der Waals surface area contributed by atoms with E-state index in [2.05, 4.69) is 21.2 Å². The van der Waals surface area contributed by atoms with Crippen molar-refractivity contribution in [3.63, 3.8) is 0 Å². The fourth-order valence-electron chi connectivity index (χ4n) is 1.99. The number of amides is 1. The molecule has 1 fully saturated rings. The molecule has 1 aromatic rings. The monoisotopic (exact) mass is 370 g/mol. The highest BCUT2D eigenvalue weighted by Crippen LogP contribution is 2.34. The van der Waals surface area contributed by atoms with E-state index in [4.69, 9.17) is 21.7 Å². The number of nitrogens with zero attached hydrogens (tertiary/aromatic N) is 1.